The Hall–Kier alpha value is -0.880. The second-order valence-electron chi connectivity index (χ2n) is 8.15. The van der Waals surface area contributed by atoms with Gasteiger partial charge in [0, 0.05) is 18.2 Å². The molecule has 0 saturated carbocycles. The van der Waals surface area contributed by atoms with Crippen molar-refractivity contribution in [1.82, 2.24) is 10.2 Å². The number of thiol groups is 1. The second-order valence-corrected chi connectivity index (χ2v) is 11.7. The number of nitrogens with zero attached hydrogens (tertiary/aromatic N) is 1. The third-order valence-electron chi connectivity index (χ3n) is 5.46. The first-order valence-corrected chi connectivity index (χ1v) is 13.9. The first-order valence-electron chi connectivity index (χ1n) is 10.4. The fourth-order valence-corrected chi connectivity index (χ4v) is 6.00. The van der Waals surface area contributed by atoms with Gasteiger partial charge in [0.1, 0.15) is 30.4 Å². The Labute approximate surface area is 210 Å². The lowest BCUT2D eigenvalue weighted by atomic mass is 10.0. The molecule has 0 bridgehead atoms. The molecule has 1 amide bonds. The van der Waals surface area contributed by atoms with Crippen LogP contribution in [0.2, 0.25) is 0 Å². The minimum atomic E-state index is -5.68. The van der Waals surface area contributed by atoms with E-state index in [4.69, 9.17) is 9.47 Å². The predicted molar refractivity (Wildman–Crippen MR) is 118 cm³/mol. The highest BCUT2D eigenvalue weighted by Crippen LogP contribution is 2.59. The van der Waals surface area contributed by atoms with Crippen molar-refractivity contribution in [2.24, 2.45) is 0 Å². The van der Waals surface area contributed by atoms with E-state index in [1.165, 1.54) is 11.1 Å². The van der Waals surface area contributed by atoms with Crippen LogP contribution in [0.25, 0.3) is 0 Å². The molecule has 16 nitrogen and oxygen atoms in total. The van der Waals surface area contributed by atoms with Gasteiger partial charge in [0.05, 0.1) is 30.7 Å². The number of nitrogens with one attached hydrogen (secondary N) is 1. The molecule has 5 unspecified atom stereocenters. The van der Waals surface area contributed by atoms with Crippen LogP contribution in [0.1, 0.15) is 13.3 Å². The predicted octanol–water partition coefficient (Wildman–Crippen LogP) is -2.37. The normalized spacial score (nSPS) is 38.8. The molecule has 3 rings (SSSR count). The fraction of sp³-hybridized carbons (Fsp3) is 0.706. The van der Waals surface area contributed by atoms with Crippen molar-refractivity contribution in [1.29, 1.82) is 0 Å². The van der Waals surface area contributed by atoms with Gasteiger partial charge in [0.2, 0.25) is 0 Å². The number of hydrogen-bond acceptors (Lipinski definition) is 15. The van der Waals surface area contributed by atoms with E-state index in [9.17, 15) is 44.1 Å². The summed E-state index contributed by atoms with van der Waals surface area (Å²) in [6.07, 6.45) is -8.44. The standard InChI is InChI=1S/C17H28N2O14P2S/c1-7-4-19(8(2)18-16(7)24)12-3-9(21)11(30-12)6-29-34(25,26)33-35(27,28)32-17-14(23)15(36)13(22)10(5-20)31-17/h4,9-15,17,20-23,36H,2-3,5-6H2,1H3,(H,18,24)(H,25,26)(H,27,28)/p-1/t9?,10?,11-,12-,13-,14?,15+,17-/m1/s1. The van der Waals surface area contributed by atoms with E-state index in [1.54, 1.807) is 6.92 Å². The average molecular weight is 577 g/mol. The smallest absolute Gasteiger partial charge is 0.478 e. The Kier molecular flexibility index (Phi) is 9.46. The SMILES string of the molecule is C=C1NC(=O)C(C)=CN1[C@H]1CC(O)[C@@H](COP(=O)(O)OP(=O)([O-])O[C@H]2OC(CO)[C@@H](O)[C@H](S)C2O)O1. The number of rotatable bonds is 9. The van der Waals surface area contributed by atoms with E-state index in [2.05, 4.69) is 37.9 Å². The van der Waals surface area contributed by atoms with E-state index in [-0.39, 0.29) is 18.1 Å². The molecule has 0 spiro atoms. The Morgan fingerprint density at radius 2 is 1.94 bits per heavy atom. The molecule has 3 aliphatic rings. The number of hydrogen-bond donors (Lipinski definition) is 7. The third kappa shape index (κ3) is 6.95. The molecule has 206 valence electrons. The molecule has 10 atom stereocenters. The molecule has 3 heterocycles. The van der Waals surface area contributed by atoms with Crippen LogP contribution in [0.5, 0.6) is 0 Å². The number of aliphatic hydroxyl groups excluding tert-OH is 4. The maximum absolute atomic E-state index is 12.2. The first kappa shape index (κ1) is 29.7. The highest BCUT2D eigenvalue weighted by molar-refractivity contribution is 7.81. The van der Waals surface area contributed by atoms with Crippen LogP contribution in [0.15, 0.2) is 24.2 Å². The number of carbonyl (C=O) groups is 1. The monoisotopic (exact) mass is 577 g/mol. The zero-order chi connectivity index (χ0) is 27.0. The van der Waals surface area contributed by atoms with E-state index in [0.717, 1.165) is 0 Å². The summed E-state index contributed by atoms with van der Waals surface area (Å²) in [7, 11) is -11.0. The fourth-order valence-electron chi connectivity index (χ4n) is 3.55. The van der Waals surface area contributed by atoms with Crippen LogP contribution in [-0.2, 0) is 36.8 Å². The van der Waals surface area contributed by atoms with Crippen molar-refractivity contribution in [2.45, 2.75) is 61.6 Å². The maximum Gasteiger partial charge on any atom is 0.478 e. The lowest BCUT2D eigenvalue weighted by molar-refractivity contribution is -0.278. The topological polar surface area (TPSA) is 237 Å². The van der Waals surface area contributed by atoms with E-state index in [1.807, 2.05) is 0 Å². The van der Waals surface area contributed by atoms with Crippen molar-refractivity contribution < 1.29 is 67.0 Å². The summed E-state index contributed by atoms with van der Waals surface area (Å²) in [4.78, 5) is 35.1. The van der Waals surface area contributed by atoms with Crippen LogP contribution in [0.3, 0.4) is 0 Å². The van der Waals surface area contributed by atoms with Crippen molar-refractivity contribution in [3.05, 3.63) is 24.2 Å². The summed E-state index contributed by atoms with van der Waals surface area (Å²) < 4.78 is 48.1. The van der Waals surface area contributed by atoms with Gasteiger partial charge in [0.15, 0.2) is 6.29 Å². The summed E-state index contributed by atoms with van der Waals surface area (Å²) in [6, 6.07) is 0. The minimum absolute atomic E-state index is 0.00782. The van der Waals surface area contributed by atoms with Crippen molar-refractivity contribution >= 4 is 34.2 Å². The van der Waals surface area contributed by atoms with Gasteiger partial charge in [-0.15, -0.1) is 0 Å². The molecule has 0 aromatic carbocycles. The maximum atomic E-state index is 12.2. The van der Waals surface area contributed by atoms with Gasteiger partial charge in [0.25, 0.3) is 13.7 Å². The minimum Gasteiger partial charge on any atom is -0.756 e. The Bertz CT molecular complexity index is 981. The molecule has 6 N–H and O–H groups in total. The van der Waals surface area contributed by atoms with Crippen LogP contribution in [0.4, 0.5) is 0 Å². The number of ether oxygens (including phenoxy) is 2. The molecule has 0 radical (unpaired) electrons. The number of aliphatic hydroxyl groups is 4. The molecule has 0 aromatic rings. The van der Waals surface area contributed by atoms with Gasteiger partial charge >= 0.3 is 7.82 Å². The van der Waals surface area contributed by atoms with Crippen molar-refractivity contribution in [3.63, 3.8) is 0 Å². The molecule has 0 aliphatic carbocycles. The number of phosphoric ester groups is 2. The Morgan fingerprint density at radius 1 is 1.28 bits per heavy atom. The Balaban J connectivity index is 1.56. The molecule has 2 fully saturated rings. The largest absolute Gasteiger partial charge is 0.756 e. The van der Waals surface area contributed by atoms with Gasteiger partial charge < -0.3 is 49.9 Å². The molecule has 3 aliphatic heterocycles. The van der Waals surface area contributed by atoms with Crippen LogP contribution in [-0.4, -0.2) is 97.6 Å². The van der Waals surface area contributed by atoms with Gasteiger partial charge in [-0.05, 0) is 6.92 Å². The average Bonchev–Trinajstić information content (AvgIpc) is 3.14. The van der Waals surface area contributed by atoms with Crippen molar-refractivity contribution in [2.75, 3.05) is 13.2 Å². The van der Waals surface area contributed by atoms with Crippen LogP contribution < -0.4 is 10.2 Å². The quantitative estimate of drug-likeness (QED) is 0.112. The second kappa shape index (κ2) is 11.5. The molecular weight excluding hydrogens is 550 g/mol. The summed E-state index contributed by atoms with van der Waals surface area (Å²) >= 11 is 3.91. The molecular formula is C17H27N2O14P2S-. The van der Waals surface area contributed by atoms with E-state index in [0.29, 0.717) is 5.57 Å². The third-order valence-corrected chi connectivity index (χ3v) is 8.64. The van der Waals surface area contributed by atoms with Crippen molar-refractivity contribution in [3.8, 4) is 0 Å². The Morgan fingerprint density at radius 3 is 2.58 bits per heavy atom. The number of phosphoric acid groups is 2. The highest BCUT2D eigenvalue weighted by atomic mass is 32.1. The van der Waals surface area contributed by atoms with Crippen LogP contribution in [0, 0.1) is 0 Å². The number of carbonyl (C=O) groups excluding carboxylic acids is 1. The summed E-state index contributed by atoms with van der Waals surface area (Å²) in [5.41, 5.74) is 0.343. The van der Waals surface area contributed by atoms with Gasteiger partial charge in [-0.3, -0.25) is 18.4 Å². The van der Waals surface area contributed by atoms with Gasteiger partial charge in [-0.2, -0.15) is 12.6 Å². The lowest BCUT2D eigenvalue weighted by Crippen LogP contribution is -2.57. The van der Waals surface area contributed by atoms with E-state index >= 15 is 0 Å². The zero-order valence-electron chi connectivity index (χ0n) is 18.7. The van der Waals surface area contributed by atoms with Gasteiger partial charge in [-0.25, -0.2) is 8.88 Å². The first-order chi connectivity index (χ1) is 16.6. The summed E-state index contributed by atoms with van der Waals surface area (Å²) in [5.74, 6) is -0.187. The molecule has 2 saturated heterocycles. The molecule has 19 heteroatoms. The van der Waals surface area contributed by atoms with E-state index < -0.39 is 77.1 Å². The highest BCUT2D eigenvalue weighted by Gasteiger charge is 2.46. The summed E-state index contributed by atoms with van der Waals surface area (Å²) in [6.45, 7) is 3.68. The van der Waals surface area contributed by atoms with Gasteiger partial charge in [-0.1, -0.05) is 6.58 Å². The summed E-state index contributed by atoms with van der Waals surface area (Å²) in [5, 5.41) is 40.5. The zero-order valence-corrected chi connectivity index (χ0v) is 21.4. The molecule has 36 heavy (non-hydrogen) atoms. The molecule has 0 aromatic heterocycles. The van der Waals surface area contributed by atoms with Crippen LogP contribution >= 0.6 is 28.3 Å². The number of amides is 1. The lowest BCUT2D eigenvalue weighted by Gasteiger charge is -2.41.